The first kappa shape index (κ1) is 12.9. The summed E-state index contributed by atoms with van der Waals surface area (Å²) in [6.45, 7) is 4.01. The van der Waals surface area contributed by atoms with Crippen LogP contribution in [-0.2, 0) is 9.59 Å². The van der Waals surface area contributed by atoms with Gasteiger partial charge >= 0.3 is 11.9 Å². The maximum Gasteiger partial charge on any atom is 0.304 e. The molecule has 80 valence electrons. The summed E-state index contributed by atoms with van der Waals surface area (Å²) in [5.41, 5.74) is 0. The molecule has 2 radical (unpaired) electrons. The van der Waals surface area contributed by atoms with Gasteiger partial charge in [0.2, 0.25) is 0 Å². The van der Waals surface area contributed by atoms with E-state index in [1.165, 1.54) is 13.1 Å². The summed E-state index contributed by atoms with van der Waals surface area (Å²) < 4.78 is 0. The van der Waals surface area contributed by atoms with Crippen molar-refractivity contribution in [3.63, 3.8) is 0 Å². The highest BCUT2D eigenvalue weighted by atomic mass is 16.4. The van der Waals surface area contributed by atoms with Gasteiger partial charge in [0.1, 0.15) is 0 Å². The van der Waals surface area contributed by atoms with Gasteiger partial charge in [-0.1, -0.05) is 0 Å². The lowest BCUT2D eigenvalue weighted by Crippen LogP contribution is -2.25. The highest BCUT2D eigenvalue weighted by molar-refractivity contribution is 5.68. The summed E-state index contributed by atoms with van der Waals surface area (Å²) in [4.78, 5) is 20.1. The van der Waals surface area contributed by atoms with Crippen LogP contribution < -0.4 is 10.6 Å². The molecule has 0 aliphatic carbocycles. The number of carboxylic acids is 2. The maximum absolute atomic E-state index is 10.1. The molecule has 14 heavy (non-hydrogen) atoms. The molecule has 0 saturated carbocycles. The molecule has 0 fully saturated rings. The fourth-order valence-electron chi connectivity index (χ4n) is 0.667. The van der Waals surface area contributed by atoms with Gasteiger partial charge in [0.25, 0.3) is 0 Å². The van der Waals surface area contributed by atoms with Crippen LogP contribution in [0.2, 0.25) is 0 Å². The van der Waals surface area contributed by atoms with Crippen LogP contribution in [0.5, 0.6) is 0 Å². The monoisotopic (exact) mass is 202 g/mol. The molecular formula is C8H14N2O4. The molecule has 0 bridgehead atoms. The first-order chi connectivity index (χ1) is 6.63. The van der Waals surface area contributed by atoms with E-state index in [9.17, 15) is 9.59 Å². The number of hydrogen-bond donors (Lipinski definition) is 4. The predicted octanol–water partition coefficient (Wildman–Crippen LogP) is -0.561. The molecule has 0 aromatic carbocycles. The van der Waals surface area contributed by atoms with Crippen LogP contribution in [0.1, 0.15) is 12.8 Å². The van der Waals surface area contributed by atoms with E-state index in [-0.39, 0.29) is 12.8 Å². The van der Waals surface area contributed by atoms with Crippen LogP contribution in [0, 0.1) is 13.1 Å². The molecule has 6 nitrogen and oxygen atoms in total. The molecule has 0 aliphatic heterocycles. The second-order valence-electron chi connectivity index (χ2n) is 2.51. The Morgan fingerprint density at radius 2 is 1.29 bits per heavy atom. The third-order valence-electron chi connectivity index (χ3n) is 1.26. The van der Waals surface area contributed by atoms with Crippen LogP contribution in [0.3, 0.4) is 0 Å². The molecule has 0 aromatic heterocycles. The first-order valence-corrected chi connectivity index (χ1v) is 4.16. The Hall–Kier alpha value is -1.14. The molecule has 0 spiro atoms. The smallest absolute Gasteiger partial charge is 0.304 e. The van der Waals surface area contributed by atoms with Gasteiger partial charge in [0.05, 0.1) is 12.8 Å². The Balaban J connectivity index is 2.99. The second-order valence-corrected chi connectivity index (χ2v) is 2.51. The van der Waals surface area contributed by atoms with Crippen molar-refractivity contribution in [1.82, 2.24) is 10.6 Å². The van der Waals surface area contributed by atoms with Gasteiger partial charge in [-0.2, -0.15) is 0 Å². The van der Waals surface area contributed by atoms with E-state index in [0.717, 1.165) is 0 Å². The first-order valence-electron chi connectivity index (χ1n) is 4.16. The lowest BCUT2D eigenvalue weighted by molar-refractivity contribution is -0.137. The topological polar surface area (TPSA) is 98.7 Å². The molecular weight excluding hydrogens is 188 g/mol. The van der Waals surface area contributed by atoms with Crippen molar-refractivity contribution in [3.05, 3.63) is 13.1 Å². The number of hydrogen-bond acceptors (Lipinski definition) is 4. The molecule has 0 amide bonds. The lowest BCUT2D eigenvalue weighted by Gasteiger charge is -2.03. The zero-order valence-electron chi connectivity index (χ0n) is 7.69. The van der Waals surface area contributed by atoms with Crippen LogP contribution in [-0.4, -0.2) is 35.2 Å². The summed E-state index contributed by atoms with van der Waals surface area (Å²) in [5, 5.41) is 22.1. The zero-order valence-corrected chi connectivity index (χ0v) is 7.69. The van der Waals surface area contributed by atoms with E-state index < -0.39 is 11.9 Å². The third kappa shape index (κ3) is 10.9. The average molecular weight is 202 g/mol. The van der Waals surface area contributed by atoms with Crippen molar-refractivity contribution >= 4 is 11.9 Å². The molecule has 0 aromatic rings. The van der Waals surface area contributed by atoms with Crippen LogP contribution in [0.15, 0.2) is 0 Å². The standard InChI is InChI=1S/C8H14N2O4/c11-7(12)1-3-9-5-6-10-4-2-8(13)14/h3-4,9-10H,1-2,5-6H2,(H,11,12)(H,13,14). The highest BCUT2D eigenvalue weighted by Gasteiger charge is 1.97. The van der Waals surface area contributed by atoms with Crippen molar-refractivity contribution in [1.29, 1.82) is 0 Å². The van der Waals surface area contributed by atoms with Gasteiger partial charge in [-0.25, -0.2) is 0 Å². The van der Waals surface area contributed by atoms with E-state index in [1.807, 2.05) is 0 Å². The zero-order chi connectivity index (χ0) is 10.8. The van der Waals surface area contributed by atoms with E-state index >= 15 is 0 Å². The van der Waals surface area contributed by atoms with Crippen molar-refractivity contribution in [3.8, 4) is 0 Å². The normalized spacial score (nSPS) is 10.0. The molecule has 0 unspecified atom stereocenters. The summed E-state index contributed by atoms with van der Waals surface area (Å²) in [6, 6.07) is 0. The highest BCUT2D eigenvalue weighted by Crippen LogP contribution is 1.82. The van der Waals surface area contributed by atoms with Crippen molar-refractivity contribution in [2.45, 2.75) is 12.8 Å². The lowest BCUT2D eigenvalue weighted by atomic mass is 10.4. The number of rotatable bonds is 9. The van der Waals surface area contributed by atoms with E-state index in [4.69, 9.17) is 10.2 Å². The number of carbonyl (C=O) groups is 2. The number of nitrogens with one attached hydrogen (secondary N) is 2. The fraction of sp³-hybridized carbons (Fsp3) is 0.500. The molecule has 0 rings (SSSR count). The quantitative estimate of drug-likeness (QED) is 0.374. The van der Waals surface area contributed by atoms with Gasteiger partial charge < -0.3 is 20.8 Å². The van der Waals surface area contributed by atoms with Gasteiger partial charge in [-0.05, 0) is 0 Å². The molecule has 0 atom stereocenters. The summed E-state index contributed by atoms with van der Waals surface area (Å²) in [5.74, 6) is -1.77. The minimum Gasteiger partial charge on any atom is -0.481 e. The van der Waals surface area contributed by atoms with Crippen LogP contribution >= 0.6 is 0 Å². The molecule has 4 N–H and O–H groups in total. The molecule has 0 aliphatic rings. The van der Waals surface area contributed by atoms with Gasteiger partial charge in [-0.3, -0.25) is 9.59 Å². The van der Waals surface area contributed by atoms with Gasteiger partial charge in [0.15, 0.2) is 0 Å². The average Bonchev–Trinajstić information content (AvgIpc) is 2.08. The Kier molecular flexibility index (Phi) is 7.77. The predicted molar refractivity (Wildman–Crippen MR) is 49.1 cm³/mol. The van der Waals surface area contributed by atoms with Gasteiger partial charge in [0, 0.05) is 26.2 Å². The SMILES string of the molecule is O=C(O)C[CH]NCCN[CH]CC(=O)O. The van der Waals surface area contributed by atoms with Crippen LogP contribution in [0.4, 0.5) is 0 Å². The van der Waals surface area contributed by atoms with Crippen LogP contribution in [0.25, 0.3) is 0 Å². The molecule has 0 heterocycles. The summed E-state index contributed by atoms with van der Waals surface area (Å²) in [6.07, 6.45) is -0.0579. The van der Waals surface area contributed by atoms with Crippen molar-refractivity contribution in [2.24, 2.45) is 0 Å². The Morgan fingerprint density at radius 3 is 1.57 bits per heavy atom. The summed E-state index contributed by atoms with van der Waals surface area (Å²) >= 11 is 0. The van der Waals surface area contributed by atoms with E-state index in [2.05, 4.69) is 10.6 Å². The fourth-order valence-corrected chi connectivity index (χ4v) is 0.667. The minimum absolute atomic E-state index is 0.0289. The Morgan fingerprint density at radius 1 is 0.929 bits per heavy atom. The number of carboxylic acid groups (broad SMARTS) is 2. The largest absolute Gasteiger partial charge is 0.481 e. The van der Waals surface area contributed by atoms with E-state index in [0.29, 0.717) is 13.1 Å². The Labute approximate surface area is 82.3 Å². The molecule has 6 heteroatoms. The van der Waals surface area contributed by atoms with E-state index in [1.54, 1.807) is 0 Å². The second kappa shape index (κ2) is 8.46. The minimum atomic E-state index is -0.886. The number of aliphatic carboxylic acids is 2. The third-order valence-corrected chi connectivity index (χ3v) is 1.26. The van der Waals surface area contributed by atoms with Gasteiger partial charge in [-0.15, -0.1) is 0 Å². The van der Waals surface area contributed by atoms with Crippen molar-refractivity contribution < 1.29 is 19.8 Å². The molecule has 0 saturated heterocycles. The summed E-state index contributed by atoms with van der Waals surface area (Å²) in [7, 11) is 0. The maximum atomic E-state index is 10.1. The van der Waals surface area contributed by atoms with Crippen molar-refractivity contribution in [2.75, 3.05) is 13.1 Å². The Bertz CT molecular complexity index is 164.